The summed E-state index contributed by atoms with van der Waals surface area (Å²) in [7, 11) is 0. The van der Waals surface area contributed by atoms with E-state index < -0.39 is 0 Å². The first-order valence-corrected chi connectivity index (χ1v) is 39.9. The lowest BCUT2D eigenvalue weighted by molar-refractivity contribution is 0.654. The number of hydrogen-bond acceptors (Lipinski definition) is 9. The minimum absolute atomic E-state index is 0.525. The number of para-hydroxylation sites is 3. The predicted octanol–water partition coefficient (Wildman–Crippen LogP) is 28.5. The van der Waals surface area contributed by atoms with Crippen LogP contribution in [0.5, 0.6) is 0 Å². The van der Waals surface area contributed by atoms with Crippen LogP contribution in [0.2, 0.25) is 0 Å². The number of pyridine rings is 1. The molecular formula is C103H59N7O2S2. The highest BCUT2D eigenvalue weighted by molar-refractivity contribution is 7.26. The van der Waals surface area contributed by atoms with E-state index in [2.05, 4.69) is 331 Å². The molecule has 0 saturated heterocycles. The van der Waals surface area contributed by atoms with Gasteiger partial charge in [-0.25, -0.2) is 24.9 Å². The Morgan fingerprint density at radius 1 is 0.237 bits per heavy atom. The SMILES string of the molecule is c1ccc(-c2nc3oc4cc(-c5ccc6sc7ccccc7c6c5)ccc4c3nc2-c2ccc(-n3c4ccccc4c4cc5ccccc5cc43)c3ccccc23)cc1.c1ccc(-c2nc3sc4ccc(-c5ccc6c(c5)oc5ccccc56)cc4c3nc2-c2cccc(-n3c4ccccc4c4cc5ccccc5cc43)n2)cc1. The highest BCUT2D eigenvalue weighted by Gasteiger charge is 2.25. The van der Waals surface area contributed by atoms with E-state index in [1.807, 2.05) is 47.7 Å². The zero-order chi connectivity index (χ0) is 74.6. The molecular weight excluding hydrogens is 1430 g/mol. The molecule has 0 unspecified atom stereocenters. The second kappa shape index (κ2) is 25.4. The molecule has 0 aliphatic rings. The van der Waals surface area contributed by atoms with Crippen LogP contribution in [0.1, 0.15) is 0 Å². The van der Waals surface area contributed by atoms with Crippen molar-refractivity contribution in [2.75, 3.05) is 0 Å². The summed E-state index contributed by atoms with van der Waals surface area (Å²) in [5.74, 6) is 0.832. The monoisotopic (exact) mass is 1490 g/mol. The molecule has 0 bridgehead atoms. The van der Waals surface area contributed by atoms with Crippen LogP contribution in [0.3, 0.4) is 0 Å². The minimum atomic E-state index is 0.525. The van der Waals surface area contributed by atoms with Crippen LogP contribution in [0.4, 0.5) is 0 Å². The highest BCUT2D eigenvalue weighted by Crippen LogP contribution is 2.46. The van der Waals surface area contributed by atoms with Crippen LogP contribution in [0.25, 0.3) is 240 Å². The molecule has 0 N–H and O–H groups in total. The molecule has 11 heteroatoms. The molecule has 16 aromatic carbocycles. The summed E-state index contributed by atoms with van der Waals surface area (Å²) in [5.41, 5.74) is 21.8. The molecule has 0 aliphatic heterocycles. The maximum Gasteiger partial charge on any atom is 0.246 e. The van der Waals surface area contributed by atoms with Gasteiger partial charge < -0.3 is 13.4 Å². The van der Waals surface area contributed by atoms with Crippen LogP contribution < -0.4 is 0 Å². The Labute approximate surface area is 658 Å². The number of hydrogen-bond donors (Lipinski definition) is 0. The van der Waals surface area contributed by atoms with Gasteiger partial charge in [0.2, 0.25) is 5.71 Å². The fourth-order valence-corrected chi connectivity index (χ4v) is 19.5. The minimum Gasteiger partial charge on any atom is -0.456 e. The van der Waals surface area contributed by atoms with Gasteiger partial charge in [-0.3, -0.25) is 4.57 Å². The van der Waals surface area contributed by atoms with Crippen LogP contribution in [0.15, 0.2) is 367 Å². The molecule has 0 aliphatic carbocycles. The van der Waals surface area contributed by atoms with Gasteiger partial charge in [0, 0.05) is 90.0 Å². The van der Waals surface area contributed by atoms with Crippen LogP contribution >= 0.6 is 22.7 Å². The Morgan fingerprint density at radius 3 is 1.45 bits per heavy atom. The van der Waals surface area contributed by atoms with E-state index in [-0.39, 0.29) is 0 Å². The summed E-state index contributed by atoms with van der Waals surface area (Å²) in [6, 6.07) is 127. The Balaban J connectivity index is 0.000000132. The van der Waals surface area contributed by atoms with Crippen molar-refractivity contribution in [3.63, 3.8) is 0 Å². The maximum atomic E-state index is 6.60. The molecule has 25 rings (SSSR count). The third kappa shape index (κ3) is 10.2. The van der Waals surface area contributed by atoms with Crippen LogP contribution in [-0.2, 0) is 0 Å². The highest BCUT2D eigenvalue weighted by atomic mass is 32.1. The van der Waals surface area contributed by atoms with Gasteiger partial charge in [-0.15, -0.1) is 22.7 Å². The van der Waals surface area contributed by atoms with Gasteiger partial charge in [-0.1, -0.05) is 237 Å². The molecule has 0 saturated carbocycles. The van der Waals surface area contributed by atoms with E-state index in [1.165, 1.54) is 74.3 Å². The topological polar surface area (TPSA) is 101 Å². The van der Waals surface area contributed by atoms with E-state index in [0.29, 0.717) is 5.71 Å². The molecule has 0 amide bonds. The number of rotatable bonds is 8. The number of fused-ring (bicyclic) bond motifs is 21. The van der Waals surface area contributed by atoms with Gasteiger partial charge in [-0.2, -0.15) is 0 Å². The molecule has 9 aromatic heterocycles. The zero-order valence-electron chi connectivity index (χ0n) is 60.8. The number of furan rings is 2. The maximum absolute atomic E-state index is 6.60. The van der Waals surface area contributed by atoms with E-state index in [9.17, 15) is 0 Å². The number of nitrogens with zero attached hydrogens (tertiary/aromatic N) is 7. The average molecular weight is 1490 g/mol. The summed E-state index contributed by atoms with van der Waals surface area (Å²) in [6.07, 6.45) is 0. The molecule has 0 atom stereocenters. The van der Waals surface area contributed by atoms with Crippen molar-refractivity contribution in [2.24, 2.45) is 0 Å². The van der Waals surface area contributed by atoms with Crippen molar-refractivity contribution < 1.29 is 8.83 Å². The molecule has 25 aromatic rings. The molecule has 0 spiro atoms. The summed E-state index contributed by atoms with van der Waals surface area (Å²) in [6.45, 7) is 0. The number of benzene rings is 16. The van der Waals surface area contributed by atoms with Crippen molar-refractivity contribution in [3.05, 3.63) is 358 Å². The lowest BCUT2D eigenvalue weighted by Crippen LogP contribution is -2.01. The molecule has 9 heterocycles. The smallest absolute Gasteiger partial charge is 0.246 e. The number of aromatic nitrogens is 7. The second-order valence-corrected chi connectivity index (χ2v) is 31.4. The quantitative estimate of drug-likeness (QED) is 0.149. The van der Waals surface area contributed by atoms with Crippen molar-refractivity contribution in [1.29, 1.82) is 0 Å². The van der Waals surface area contributed by atoms with E-state index in [4.69, 9.17) is 33.8 Å². The van der Waals surface area contributed by atoms with Crippen molar-refractivity contribution in [2.45, 2.75) is 0 Å². The molecule has 9 nitrogen and oxygen atoms in total. The fourth-order valence-electron chi connectivity index (χ4n) is 17.5. The third-order valence-electron chi connectivity index (χ3n) is 22.8. The first-order valence-electron chi connectivity index (χ1n) is 38.2. The summed E-state index contributed by atoms with van der Waals surface area (Å²) < 4.78 is 21.3. The lowest BCUT2D eigenvalue weighted by atomic mass is 9.97. The third-order valence-corrected chi connectivity index (χ3v) is 25.0. The summed E-state index contributed by atoms with van der Waals surface area (Å²) >= 11 is 3.51. The lowest BCUT2D eigenvalue weighted by Gasteiger charge is -2.16. The van der Waals surface area contributed by atoms with Crippen LogP contribution in [0, 0.1) is 0 Å². The molecule has 0 radical (unpaired) electrons. The van der Waals surface area contributed by atoms with Gasteiger partial charge in [-0.05, 0) is 171 Å². The Bertz CT molecular complexity index is 8330. The summed E-state index contributed by atoms with van der Waals surface area (Å²) in [5, 5.41) is 18.8. The largest absolute Gasteiger partial charge is 0.456 e. The van der Waals surface area contributed by atoms with Crippen molar-refractivity contribution >= 4 is 183 Å². The van der Waals surface area contributed by atoms with E-state index in [0.717, 1.165) is 160 Å². The Hall–Kier alpha value is -14.8. The first-order chi connectivity index (χ1) is 56.5. The predicted molar refractivity (Wildman–Crippen MR) is 476 cm³/mol. The van der Waals surface area contributed by atoms with Gasteiger partial charge in [0.15, 0.2) is 0 Å². The molecule has 530 valence electrons. The Kier molecular flexibility index (Phi) is 14.3. The zero-order valence-corrected chi connectivity index (χ0v) is 62.5. The summed E-state index contributed by atoms with van der Waals surface area (Å²) in [4.78, 5) is 27.9. The van der Waals surface area contributed by atoms with Gasteiger partial charge >= 0.3 is 0 Å². The fraction of sp³-hybridized carbons (Fsp3) is 0. The van der Waals surface area contributed by atoms with E-state index >= 15 is 0 Å². The van der Waals surface area contributed by atoms with Crippen molar-refractivity contribution in [3.8, 4) is 78.9 Å². The van der Waals surface area contributed by atoms with Crippen LogP contribution in [-0.4, -0.2) is 34.1 Å². The Morgan fingerprint density at radius 2 is 0.746 bits per heavy atom. The number of thiophene rings is 2. The standard InChI is InChI=1S/C54H31N3OS.C49H28N4OS/c1-2-12-32(13-3-1)51-52(55-53-42-24-22-36(31-48(42)58-54(53)56-51)35-23-27-50-44(29-35)40-19-9-11-21-49(40)59-50)41-25-26-46(38-17-7-6-16-37(38)41)57-45-20-10-8-18-39(45)43-28-33-14-4-5-15-34(33)30-47(43)57;1-2-11-29(12-3-1)46-48(39-17-10-20-45(50-39)53-40-18-8-6-15-34(40)37-25-30-13-4-5-14-31(30)27-41(37)53)51-47-38-26-32(22-24-44(38)55-49(47)52-46)33-21-23-36-35-16-7-9-19-42(35)54-43(36)28-33/h1-31H;1-28H. The average Bonchev–Trinajstić information content (AvgIpc) is 1.57. The van der Waals surface area contributed by atoms with Crippen molar-refractivity contribution in [1.82, 2.24) is 34.1 Å². The molecule has 0 fully saturated rings. The second-order valence-electron chi connectivity index (χ2n) is 29.3. The van der Waals surface area contributed by atoms with E-state index in [1.54, 1.807) is 11.3 Å². The first kappa shape index (κ1) is 64.1. The van der Waals surface area contributed by atoms with Gasteiger partial charge in [0.05, 0.1) is 44.8 Å². The molecule has 114 heavy (non-hydrogen) atoms. The van der Waals surface area contributed by atoms with Gasteiger partial charge in [0.1, 0.15) is 49.8 Å². The normalized spacial score (nSPS) is 12.0. The van der Waals surface area contributed by atoms with Gasteiger partial charge in [0.25, 0.3) is 0 Å².